The molecule has 0 bridgehead atoms. The minimum absolute atomic E-state index is 0.0462. The van der Waals surface area contributed by atoms with Crippen molar-refractivity contribution < 1.29 is 27.8 Å². The van der Waals surface area contributed by atoms with Crippen molar-refractivity contribution in [2.75, 3.05) is 6.61 Å². The van der Waals surface area contributed by atoms with E-state index in [1.54, 1.807) is 19.1 Å². The van der Waals surface area contributed by atoms with Crippen molar-refractivity contribution in [3.05, 3.63) is 29.6 Å². The summed E-state index contributed by atoms with van der Waals surface area (Å²) in [4.78, 5) is 15.2. The number of carbonyl (C=O) groups is 1. The molecule has 1 rings (SSSR count). The summed E-state index contributed by atoms with van der Waals surface area (Å²) in [6.45, 7) is 3.06. The quantitative estimate of drug-likeness (QED) is 0.845. The third-order valence-electron chi connectivity index (χ3n) is 2.69. The maximum absolute atomic E-state index is 13.0. The second kappa shape index (κ2) is 6.21. The van der Waals surface area contributed by atoms with E-state index in [-0.39, 0.29) is 12.3 Å². The van der Waals surface area contributed by atoms with Gasteiger partial charge in [0.25, 0.3) is 0 Å². The summed E-state index contributed by atoms with van der Waals surface area (Å²) in [5, 5.41) is 9.82. The first kappa shape index (κ1) is 16.4. The number of nitrogens with zero attached hydrogens (tertiary/aromatic N) is 1. The SMILES string of the molecule is CCOC(=O)CC(O)(Cc1cccc(C)n1)C(F)(F)F. The van der Waals surface area contributed by atoms with E-state index in [9.17, 15) is 23.1 Å². The van der Waals surface area contributed by atoms with E-state index in [1.165, 1.54) is 13.0 Å². The summed E-state index contributed by atoms with van der Waals surface area (Å²) >= 11 is 0. The van der Waals surface area contributed by atoms with E-state index < -0.39 is 30.6 Å². The minimum atomic E-state index is -4.95. The highest BCUT2D eigenvalue weighted by Gasteiger charge is 2.55. The lowest BCUT2D eigenvalue weighted by atomic mass is 9.92. The molecule has 4 nitrogen and oxygen atoms in total. The first-order chi connectivity index (χ1) is 9.18. The van der Waals surface area contributed by atoms with E-state index in [1.807, 2.05) is 0 Å². The molecular formula is C13H16F3NO3. The maximum atomic E-state index is 13.0. The predicted octanol–water partition coefficient (Wildman–Crippen LogP) is 2.18. The fourth-order valence-corrected chi connectivity index (χ4v) is 1.71. The molecule has 112 valence electrons. The van der Waals surface area contributed by atoms with Gasteiger partial charge in [-0.1, -0.05) is 6.07 Å². The highest BCUT2D eigenvalue weighted by Crippen LogP contribution is 2.36. The van der Waals surface area contributed by atoms with Gasteiger partial charge in [-0.15, -0.1) is 0 Å². The number of rotatable bonds is 5. The molecule has 0 saturated heterocycles. The van der Waals surface area contributed by atoms with Gasteiger partial charge in [0, 0.05) is 17.8 Å². The molecule has 0 aliphatic heterocycles. The lowest BCUT2D eigenvalue weighted by Gasteiger charge is -2.29. The van der Waals surface area contributed by atoms with Crippen LogP contribution in [0.15, 0.2) is 18.2 Å². The van der Waals surface area contributed by atoms with Crippen LogP contribution >= 0.6 is 0 Å². The fourth-order valence-electron chi connectivity index (χ4n) is 1.71. The number of aromatic nitrogens is 1. The Morgan fingerprint density at radius 2 is 2.05 bits per heavy atom. The Morgan fingerprint density at radius 1 is 1.40 bits per heavy atom. The summed E-state index contributed by atoms with van der Waals surface area (Å²) in [5.74, 6) is -1.10. The molecule has 1 aromatic rings. The summed E-state index contributed by atoms with van der Waals surface area (Å²) in [7, 11) is 0. The van der Waals surface area contributed by atoms with Crippen molar-refractivity contribution in [2.45, 2.75) is 38.5 Å². The smallest absolute Gasteiger partial charge is 0.418 e. The highest BCUT2D eigenvalue weighted by molar-refractivity contribution is 5.70. The third kappa shape index (κ3) is 4.19. The van der Waals surface area contributed by atoms with E-state index >= 15 is 0 Å². The van der Waals surface area contributed by atoms with Crippen LogP contribution in [0.1, 0.15) is 24.7 Å². The molecule has 0 saturated carbocycles. The molecule has 7 heteroatoms. The average Bonchev–Trinajstić information content (AvgIpc) is 2.27. The Kier molecular flexibility index (Phi) is 5.10. The number of aliphatic hydroxyl groups is 1. The Bertz CT molecular complexity index is 476. The summed E-state index contributed by atoms with van der Waals surface area (Å²) < 4.78 is 43.5. The standard InChI is InChI=1S/C13H16F3NO3/c1-3-20-11(18)8-12(19,13(14,15)16)7-10-6-4-5-9(2)17-10/h4-6,19H,3,7-8H2,1-2H3. The number of hydrogen-bond acceptors (Lipinski definition) is 4. The molecule has 0 aliphatic carbocycles. The number of carbonyl (C=O) groups excluding carboxylic acids is 1. The zero-order chi connectivity index (χ0) is 15.4. The number of aryl methyl sites for hydroxylation is 1. The van der Waals surface area contributed by atoms with Gasteiger partial charge in [0.2, 0.25) is 0 Å². The molecule has 1 N–H and O–H groups in total. The van der Waals surface area contributed by atoms with E-state index in [4.69, 9.17) is 0 Å². The first-order valence-corrected chi connectivity index (χ1v) is 6.05. The average molecular weight is 291 g/mol. The van der Waals surface area contributed by atoms with Gasteiger partial charge >= 0.3 is 12.1 Å². The topological polar surface area (TPSA) is 59.4 Å². The van der Waals surface area contributed by atoms with Gasteiger partial charge in [-0.2, -0.15) is 13.2 Å². The van der Waals surface area contributed by atoms with E-state index in [0.29, 0.717) is 5.69 Å². The number of halogens is 3. The molecule has 1 aromatic heterocycles. The Labute approximate surface area is 114 Å². The van der Waals surface area contributed by atoms with Crippen LogP contribution in [0, 0.1) is 6.92 Å². The molecule has 0 fully saturated rings. The van der Waals surface area contributed by atoms with Crippen molar-refractivity contribution in [3.63, 3.8) is 0 Å². The predicted molar refractivity (Wildman–Crippen MR) is 64.9 cm³/mol. The number of ether oxygens (including phenoxy) is 1. The van der Waals surface area contributed by atoms with Crippen molar-refractivity contribution in [1.29, 1.82) is 0 Å². The highest BCUT2D eigenvalue weighted by atomic mass is 19.4. The van der Waals surface area contributed by atoms with Crippen molar-refractivity contribution in [2.24, 2.45) is 0 Å². The Hall–Kier alpha value is -1.63. The van der Waals surface area contributed by atoms with Crippen molar-refractivity contribution in [3.8, 4) is 0 Å². The number of alkyl halides is 3. The summed E-state index contributed by atoms with van der Waals surface area (Å²) in [6, 6.07) is 4.54. The zero-order valence-electron chi connectivity index (χ0n) is 11.2. The maximum Gasteiger partial charge on any atom is 0.418 e. The molecule has 1 heterocycles. The van der Waals surface area contributed by atoms with Gasteiger partial charge in [-0.25, -0.2) is 0 Å². The summed E-state index contributed by atoms with van der Waals surface area (Å²) in [5.41, 5.74) is -2.59. The van der Waals surface area contributed by atoms with Crippen LogP contribution in [0.2, 0.25) is 0 Å². The van der Waals surface area contributed by atoms with Crippen LogP contribution < -0.4 is 0 Å². The van der Waals surface area contributed by atoms with E-state index in [2.05, 4.69) is 9.72 Å². The third-order valence-corrected chi connectivity index (χ3v) is 2.69. The molecule has 1 atom stereocenters. The Morgan fingerprint density at radius 3 is 2.55 bits per heavy atom. The van der Waals surface area contributed by atoms with Crippen LogP contribution in [0.5, 0.6) is 0 Å². The van der Waals surface area contributed by atoms with Gasteiger partial charge in [0.15, 0.2) is 5.60 Å². The fraction of sp³-hybridized carbons (Fsp3) is 0.538. The zero-order valence-corrected chi connectivity index (χ0v) is 11.2. The van der Waals surface area contributed by atoms with Gasteiger partial charge in [-0.3, -0.25) is 9.78 Å². The molecule has 20 heavy (non-hydrogen) atoms. The van der Waals surface area contributed by atoms with Crippen LogP contribution in [0.3, 0.4) is 0 Å². The molecule has 0 aromatic carbocycles. The van der Waals surface area contributed by atoms with Crippen LogP contribution in [-0.4, -0.2) is 34.4 Å². The largest absolute Gasteiger partial charge is 0.466 e. The molecule has 0 spiro atoms. The van der Waals surface area contributed by atoms with Crippen molar-refractivity contribution >= 4 is 5.97 Å². The van der Waals surface area contributed by atoms with E-state index in [0.717, 1.165) is 0 Å². The number of pyridine rings is 1. The number of esters is 1. The minimum Gasteiger partial charge on any atom is -0.466 e. The lowest BCUT2D eigenvalue weighted by molar-refractivity contribution is -0.262. The van der Waals surface area contributed by atoms with Crippen LogP contribution in [0.25, 0.3) is 0 Å². The van der Waals surface area contributed by atoms with Crippen molar-refractivity contribution in [1.82, 2.24) is 4.98 Å². The second-order valence-corrected chi connectivity index (χ2v) is 4.46. The van der Waals surface area contributed by atoms with Gasteiger partial charge < -0.3 is 9.84 Å². The second-order valence-electron chi connectivity index (χ2n) is 4.46. The molecular weight excluding hydrogens is 275 g/mol. The van der Waals surface area contributed by atoms with Gasteiger partial charge in [0.05, 0.1) is 13.0 Å². The Balaban J connectivity index is 2.97. The van der Waals surface area contributed by atoms with Crippen LogP contribution in [-0.2, 0) is 16.0 Å². The molecule has 0 aliphatic rings. The number of hydrogen-bond donors (Lipinski definition) is 1. The lowest BCUT2D eigenvalue weighted by Crippen LogP contribution is -2.49. The first-order valence-electron chi connectivity index (χ1n) is 6.05. The normalized spacial score (nSPS) is 14.7. The summed E-state index contributed by atoms with van der Waals surface area (Å²) in [6.07, 6.45) is -6.90. The molecule has 0 radical (unpaired) electrons. The molecule has 0 amide bonds. The molecule has 1 unspecified atom stereocenters. The van der Waals surface area contributed by atoms with Crippen LogP contribution in [0.4, 0.5) is 13.2 Å². The van der Waals surface area contributed by atoms with Gasteiger partial charge in [-0.05, 0) is 26.0 Å². The monoisotopic (exact) mass is 291 g/mol. The van der Waals surface area contributed by atoms with Gasteiger partial charge in [0.1, 0.15) is 0 Å².